The van der Waals surface area contributed by atoms with E-state index in [-0.39, 0.29) is 30.1 Å². The molecule has 3 N–H and O–H groups in total. The van der Waals surface area contributed by atoms with Gasteiger partial charge in [0.25, 0.3) is 11.8 Å². The first-order valence-corrected chi connectivity index (χ1v) is 9.90. The molecule has 2 heterocycles. The van der Waals surface area contributed by atoms with Crippen LogP contribution in [-0.2, 0) is 19.1 Å². The van der Waals surface area contributed by atoms with Crippen molar-refractivity contribution in [3.05, 3.63) is 29.3 Å². The number of rotatable bonds is 11. The highest BCUT2D eigenvalue weighted by atomic mass is 16.5. The summed E-state index contributed by atoms with van der Waals surface area (Å²) in [5.41, 5.74) is 1.08. The zero-order valence-corrected chi connectivity index (χ0v) is 16.5. The number of carbonyl (C=O) groups excluding carboxylic acids is 3. The van der Waals surface area contributed by atoms with Crippen molar-refractivity contribution >= 4 is 29.4 Å². The third-order valence-corrected chi connectivity index (χ3v) is 4.91. The molecule has 1 unspecified atom stereocenters. The molecule has 10 nitrogen and oxygen atoms in total. The predicted octanol–water partition coefficient (Wildman–Crippen LogP) is 0.481. The Bertz CT molecular complexity index is 827. The van der Waals surface area contributed by atoms with Crippen LogP contribution >= 0.6 is 0 Å². The van der Waals surface area contributed by atoms with Gasteiger partial charge in [-0.3, -0.25) is 24.1 Å². The van der Waals surface area contributed by atoms with E-state index in [4.69, 9.17) is 14.6 Å². The lowest BCUT2D eigenvalue weighted by Gasteiger charge is -2.28. The Labute approximate surface area is 173 Å². The maximum Gasteiger partial charge on any atom is 0.305 e. The lowest BCUT2D eigenvalue weighted by Crippen LogP contribution is -2.52. The summed E-state index contributed by atoms with van der Waals surface area (Å²) in [6.07, 6.45) is 1.13. The van der Waals surface area contributed by atoms with Crippen molar-refractivity contribution in [2.24, 2.45) is 0 Å². The number of carboxylic acid groups (broad SMARTS) is 1. The van der Waals surface area contributed by atoms with Crippen LogP contribution in [-0.4, -0.2) is 79.3 Å². The third kappa shape index (κ3) is 4.95. The van der Waals surface area contributed by atoms with Crippen molar-refractivity contribution in [1.82, 2.24) is 10.2 Å². The molecule has 10 heteroatoms. The maximum absolute atomic E-state index is 13.0. The van der Waals surface area contributed by atoms with Gasteiger partial charge in [-0.25, -0.2) is 0 Å². The van der Waals surface area contributed by atoms with Gasteiger partial charge in [-0.05, 0) is 25.0 Å². The van der Waals surface area contributed by atoms with E-state index in [0.717, 1.165) is 4.90 Å². The number of nitrogens with zero attached hydrogens (tertiary/aromatic N) is 1. The molecule has 1 atom stereocenters. The topological polar surface area (TPSA) is 134 Å². The number of benzene rings is 1. The second-order valence-electron chi connectivity index (χ2n) is 6.95. The number of hydrogen-bond acceptors (Lipinski definition) is 7. The molecule has 3 amide bonds. The number of imide groups is 1. The Balaban J connectivity index is 1.51. The van der Waals surface area contributed by atoms with Crippen LogP contribution in [0.15, 0.2) is 18.2 Å². The molecule has 0 aromatic heterocycles. The molecule has 1 fully saturated rings. The number of fused-ring (bicyclic) bond motifs is 1. The van der Waals surface area contributed by atoms with Crippen LogP contribution in [0.1, 0.15) is 40.0 Å². The summed E-state index contributed by atoms with van der Waals surface area (Å²) in [7, 11) is 0. The minimum Gasteiger partial charge on any atom is -0.481 e. The largest absolute Gasteiger partial charge is 0.481 e. The number of carboxylic acids is 1. The summed E-state index contributed by atoms with van der Waals surface area (Å²) in [4.78, 5) is 49.3. The number of ether oxygens (including phenoxy) is 2. The molecule has 1 saturated heterocycles. The fraction of sp³-hybridized carbons (Fsp3) is 0.500. The van der Waals surface area contributed by atoms with Crippen molar-refractivity contribution in [3.63, 3.8) is 0 Å². The average Bonchev–Trinajstić information content (AvgIpc) is 2.98. The van der Waals surface area contributed by atoms with Gasteiger partial charge in [0.1, 0.15) is 6.04 Å². The van der Waals surface area contributed by atoms with E-state index < -0.39 is 23.8 Å². The van der Waals surface area contributed by atoms with Crippen LogP contribution in [0.5, 0.6) is 0 Å². The molecular weight excluding hydrogens is 394 g/mol. The Morgan fingerprint density at radius 2 is 1.90 bits per heavy atom. The van der Waals surface area contributed by atoms with Crippen molar-refractivity contribution in [2.45, 2.75) is 25.3 Å². The molecule has 162 valence electrons. The normalized spacial score (nSPS) is 18.3. The number of amides is 3. The van der Waals surface area contributed by atoms with E-state index >= 15 is 0 Å². The SMILES string of the molecule is O=C(O)CCOCCOCCNc1cccc2c1C(=O)N(C1CCCNC1=O)C2=O. The molecule has 2 aliphatic rings. The summed E-state index contributed by atoms with van der Waals surface area (Å²) >= 11 is 0. The first-order chi connectivity index (χ1) is 14.5. The fourth-order valence-corrected chi connectivity index (χ4v) is 3.48. The second-order valence-corrected chi connectivity index (χ2v) is 6.95. The van der Waals surface area contributed by atoms with Gasteiger partial charge in [-0.1, -0.05) is 6.07 Å². The molecule has 0 spiro atoms. The van der Waals surface area contributed by atoms with E-state index in [1.54, 1.807) is 18.2 Å². The average molecular weight is 419 g/mol. The van der Waals surface area contributed by atoms with Crippen LogP contribution in [0.3, 0.4) is 0 Å². The van der Waals surface area contributed by atoms with Crippen molar-refractivity contribution in [1.29, 1.82) is 0 Å². The summed E-state index contributed by atoms with van der Waals surface area (Å²) < 4.78 is 10.5. The summed E-state index contributed by atoms with van der Waals surface area (Å²) in [6, 6.07) is 4.22. The van der Waals surface area contributed by atoms with E-state index in [2.05, 4.69) is 10.6 Å². The van der Waals surface area contributed by atoms with Gasteiger partial charge in [0.2, 0.25) is 5.91 Å². The smallest absolute Gasteiger partial charge is 0.305 e. The fourth-order valence-electron chi connectivity index (χ4n) is 3.48. The molecule has 0 radical (unpaired) electrons. The van der Waals surface area contributed by atoms with Gasteiger partial charge in [-0.15, -0.1) is 0 Å². The van der Waals surface area contributed by atoms with E-state index in [1.165, 1.54) is 0 Å². The monoisotopic (exact) mass is 419 g/mol. The molecule has 2 aliphatic heterocycles. The lowest BCUT2D eigenvalue weighted by molar-refractivity contribution is -0.138. The van der Waals surface area contributed by atoms with E-state index in [9.17, 15) is 19.2 Å². The lowest BCUT2D eigenvalue weighted by atomic mass is 10.1. The van der Waals surface area contributed by atoms with Crippen LogP contribution in [0.2, 0.25) is 0 Å². The summed E-state index contributed by atoms with van der Waals surface area (Å²) in [6.45, 7) is 2.03. The van der Waals surface area contributed by atoms with Gasteiger partial charge < -0.3 is 25.2 Å². The minimum atomic E-state index is -0.911. The van der Waals surface area contributed by atoms with Crippen LogP contribution < -0.4 is 10.6 Å². The van der Waals surface area contributed by atoms with Gasteiger partial charge in [0, 0.05) is 18.8 Å². The Morgan fingerprint density at radius 3 is 2.63 bits per heavy atom. The van der Waals surface area contributed by atoms with Crippen molar-refractivity contribution < 1.29 is 33.8 Å². The minimum absolute atomic E-state index is 0.0487. The third-order valence-electron chi connectivity index (χ3n) is 4.91. The molecular formula is C20H25N3O7. The summed E-state index contributed by atoms with van der Waals surface area (Å²) in [5.74, 6) is -2.13. The Morgan fingerprint density at radius 1 is 1.13 bits per heavy atom. The Hall–Kier alpha value is -2.98. The highest BCUT2D eigenvalue weighted by Crippen LogP contribution is 2.32. The van der Waals surface area contributed by atoms with Gasteiger partial charge in [-0.2, -0.15) is 0 Å². The molecule has 1 aromatic rings. The highest BCUT2D eigenvalue weighted by Gasteiger charge is 2.44. The van der Waals surface area contributed by atoms with Crippen molar-refractivity contribution in [2.75, 3.05) is 44.8 Å². The Kier molecular flexibility index (Phi) is 7.36. The van der Waals surface area contributed by atoms with E-state index in [0.29, 0.717) is 51.4 Å². The molecule has 0 aliphatic carbocycles. The number of carbonyl (C=O) groups is 4. The van der Waals surface area contributed by atoms with Crippen molar-refractivity contribution in [3.8, 4) is 0 Å². The maximum atomic E-state index is 13.0. The quantitative estimate of drug-likeness (QED) is 0.348. The molecule has 0 bridgehead atoms. The zero-order valence-electron chi connectivity index (χ0n) is 16.5. The number of anilines is 1. The predicted molar refractivity (Wildman–Crippen MR) is 105 cm³/mol. The summed E-state index contributed by atoms with van der Waals surface area (Å²) in [5, 5.41) is 14.3. The molecule has 30 heavy (non-hydrogen) atoms. The molecule has 1 aromatic carbocycles. The van der Waals surface area contributed by atoms with Crippen LogP contribution in [0.4, 0.5) is 5.69 Å². The molecule has 0 saturated carbocycles. The highest BCUT2D eigenvalue weighted by molar-refractivity contribution is 6.25. The number of piperidine rings is 1. The van der Waals surface area contributed by atoms with Gasteiger partial charge in [0.15, 0.2) is 0 Å². The number of nitrogens with one attached hydrogen (secondary N) is 2. The van der Waals surface area contributed by atoms with E-state index in [1.807, 2.05) is 0 Å². The number of hydrogen-bond donors (Lipinski definition) is 3. The molecule has 3 rings (SSSR count). The van der Waals surface area contributed by atoms with Gasteiger partial charge in [0.05, 0.1) is 44.0 Å². The number of aliphatic carboxylic acids is 1. The van der Waals surface area contributed by atoms with Crippen LogP contribution in [0.25, 0.3) is 0 Å². The zero-order chi connectivity index (χ0) is 21.5. The standard InChI is InChI=1S/C20H25N3O7/c24-16(25)6-9-29-11-12-30-10-8-21-14-4-1-3-13-17(14)20(28)23(19(13)27)15-5-2-7-22-18(15)26/h1,3-4,15,21H,2,5-12H2,(H,22,26)(H,24,25). The first kappa shape index (κ1) is 21.7. The van der Waals surface area contributed by atoms with Crippen LogP contribution in [0, 0.1) is 0 Å². The first-order valence-electron chi connectivity index (χ1n) is 9.90. The van der Waals surface area contributed by atoms with Gasteiger partial charge >= 0.3 is 5.97 Å². The second kappa shape index (κ2) is 10.2.